The molecule has 1 aromatic heterocycles. The van der Waals surface area contributed by atoms with Crippen LogP contribution in [-0.4, -0.2) is 52.0 Å². The molecule has 34 heavy (non-hydrogen) atoms. The molecule has 1 unspecified atom stereocenters. The van der Waals surface area contributed by atoms with E-state index in [1.807, 2.05) is 13.0 Å². The highest BCUT2D eigenvalue weighted by molar-refractivity contribution is 8.26. The van der Waals surface area contributed by atoms with Crippen LogP contribution < -0.4 is 10.5 Å². The van der Waals surface area contributed by atoms with Gasteiger partial charge in [0.1, 0.15) is 21.8 Å². The molecule has 3 aliphatic heterocycles. The number of anilines is 1. The zero-order valence-corrected chi connectivity index (χ0v) is 21.6. The second-order valence-electron chi connectivity index (χ2n) is 9.13. The summed E-state index contributed by atoms with van der Waals surface area (Å²) in [7, 11) is 0. The summed E-state index contributed by atoms with van der Waals surface area (Å²) in [5, 5.41) is 9.82. The molecule has 7 nitrogen and oxygen atoms in total. The van der Waals surface area contributed by atoms with Gasteiger partial charge in [0.25, 0.3) is 11.5 Å². The van der Waals surface area contributed by atoms with Gasteiger partial charge in [-0.2, -0.15) is 5.26 Å². The number of unbranched alkanes of at least 4 members (excludes halogenated alkanes) is 1. The van der Waals surface area contributed by atoms with Gasteiger partial charge in [0, 0.05) is 31.8 Å². The van der Waals surface area contributed by atoms with Crippen LogP contribution in [-0.2, 0) is 16.1 Å². The Bertz CT molecular complexity index is 1090. The minimum atomic E-state index is -0.239. The lowest BCUT2D eigenvalue weighted by Gasteiger charge is -2.33. The van der Waals surface area contributed by atoms with Gasteiger partial charge in [-0.25, -0.2) is 0 Å². The number of nitrogens with zero attached hydrogens (tertiary/aromatic N) is 4. The van der Waals surface area contributed by atoms with E-state index in [0.29, 0.717) is 27.9 Å². The fraction of sp³-hybridized carbons (Fsp3) is 0.600. The van der Waals surface area contributed by atoms with Crippen molar-refractivity contribution in [1.29, 1.82) is 5.26 Å². The molecule has 0 spiro atoms. The molecule has 0 aromatic carbocycles. The molecule has 1 amide bonds. The molecule has 3 fully saturated rings. The van der Waals surface area contributed by atoms with Gasteiger partial charge in [0.15, 0.2) is 0 Å². The number of hydrogen-bond acceptors (Lipinski definition) is 7. The lowest BCUT2D eigenvalue weighted by molar-refractivity contribution is -0.123. The number of aromatic nitrogens is 1. The van der Waals surface area contributed by atoms with E-state index in [4.69, 9.17) is 17.0 Å². The maximum Gasteiger partial charge on any atom is 0.270 e. The van der Waals surface area contributed by atoms with Crippen LogP contribution in [0.2, 0.25) is 0 Å². The molecule has 1 aromatic rings. The third-order valence-corrected chi connectivity index (χ3v) is 8.17. The van der Waals surface area contributed by atoms with E-state index in [0.717, 1.165) is 69.6 Å². The number of thioether (sulfide) groups is 1. The third kappa shape index (κ3) is 4.95. The van der Waals surface area contributed by atoms with E-state index >= 15 is 0 Å². The molecule has 3 saturated heterocycles. The van der Waals surface area contributed by atoms with Crippen molar-refractivity contribution in [2.24, 2.45) is 0 Å². The first-order valence-corrected chi connectivity index (χ1v) is 13.5. The second kappa shape index (κ2) is 11.1. The van der Waals surface area contributed by atoms with E-state index in [1.165, 1.54) is 18.2 Å². The standard InChI is InChI=1S/C25H32N4O3S2/c1-3-4-12-28-22(27-10-6-5-7-11-27)19(17(2)20(15-26)23(28)30)14-21-24(31)29(25(33)34-21)16-18-9-8-13-32-18/h14,18H,3-13,16H2,1-2H3. The predicted molar refractivity (Wildman–Crippen MR) is 140 cm³/mol. The summed E-state index contributed by atoms with van der Waals surface area (Å²) in [6, 6.07) is 2.13. The van der Waals surface area contributed by atoms with Crippen LogP contribution in [0.25, 0.3) is 6.08 Å². The van der Waals surface area contributed by atoms with Crippen molar-refractivity contribution in [2.75, 3.05) is 31.1 Å². The normalized spacial score (nSPS) is 22.1. The molecule has 0 bridgehead atoms. The highest BCUT2D eigenvalue weighted by Crippen LogP contribution is 2.37. The predicted octanol–water partition coefficient (Wildman–Crippen LogP) is 4.20. The number of nitriles is 1. The SMILES string of the molecule is CCCCn1c(N2CCCCC2)c(C=C2SC(=S)N(CC3CCCO3)C2=O)c(C)c(C#N)c1=O. The van der Waals surface area contributed by atoms with Gasteiger partial charge in [-0.15, -0.1) is 0 Å². The van der Waals surface area contributed by atoms with Crippen LogP contribution in [0, 0.1) is 18.3 Å². The molecule has 0 aliphatic carbocycles. The molecule has 4 rings (SSSR count). The van der Waals surface area contributed by atoms with Crippen LogP contribution >= 0.6 is 24.0 Å². The molecule has 1 atom stereocenters. The summed E-state index contributed by atoms with van der Waals surface area (Å²) in [4.78, 5) is 31.1. The fourth-order valence-electron chi connectivity index (χ4n) is 4.89. The van der Waals surface area contributed by atoms with Gasteiger partial charge in [-0.1, -0.05) is 37.3 Å². The molecular weight excluding hydrogens is 468 g/mol. The number of hydrogen-bond donors (Lipinski definition) is 0. The molecule has 0 saturated carbocycles. The number of ether oxygens (including phenoxy) is 1. The number of pyridine rings is 1. The number of piperidine rings is 1. The van der Waals surface area contributed by atoms with E-state index in [1.54, 1.807) is 9.47 Å². The maximum absolute atomic E-state index is 13.3. The molecule has 0 radical (unpaired) electrons. The van der Waals surface area contributed by atoms with Crippen molar-refractivity contribution < 1.29 is 9.53 Å². The van der Waals surface area contributed by atoms with Crippen LogP contribution in [0.3, 0.4) is 0 Å². The monoisotopic (exact) mass is 500 g/mol. The summed E-state index contributed by atoms with van der Waals surface area (Å²) in [5.74, 6) is 0.707. The Kier molecular flexibility index (Phi) is 8.12. The van der Waals surface area contributed by atoms with E-state index < -0.39 is 0 Å². The summed E-state index contributed by atoms with van der Waals surface area (Å²) >= 11 is 6.83. The Morgan fingerprint density at radius 3 is 2.65 bits per heavy atom. The Morgan fingerprint density at radius 1 is 1.24 bits per heavy atom. The van der Waals surface area contributed by atoms with Crippen LogP contribution in [0.5, 0.6) is 0 Å². The first-order valence-electron chi connectivity index (χ1n) is 12.3. The van der Waals surface area contributed by atoms with Crippen molar-refractivity contribution in [3.63, 3.8) is 0 Å². The first kappa shape index (κ1) is 25.0. The molecule has 3 aliphatic rings. The average molecular weight is 501 g/mol. The van der Waals surface area contributed by atoms with Crippen molar-refractivity contribution in [3.8, 4) is 6.07 Å². The third-order valence-electron chi connectivity index (χ3n) is 6.80. The number of amides is 1. The fourth-order valence-corrected chi connectivity index (χ4v) is 6.15. The first-order chi connectivity index (χ1) is 16.5. The summed E-state index contributed by atoms with van der Waals surface area (Å²) in [6.07, 6.45) is 8.89. The van der Waals surface area contributed by atoms with Crippen LogP contribution in [0.1, 0.15) is 68.6 Å². The summed E-state index contributed by atoms with van der Waals surface area (Å²) in [6.45, 7) is 7.37. The van der Waals surface area contributed by atoms with Gasteiger partial charge in [0.05, 0.1) is 17.6 Å². The lowest BCUT2D eigenvalue weighted by atomic mass is 10.0. The van der Waals surface area contributed by atoms with Gasteiger partial charge < -0.3 is 9.64 Å². The van der Waals surface area contributed by atoms with Crippen molar-refractivity contribution in [1.82, 2.24) is 9.47 Å². The smallest absolute Gasteiger partial charge is 0.270 e. The van der Waals surface area contributed by atoms with Crippen molar-refractivity contribution in [3.05, 3.63) is 31.9 Å². The minimum absolute atomic E-state index is 0.0219. The van der Waals surface area contributed by atoms with Gasteiger partial charge in [-0.3, -0.25) is 19.1 Å². The summed E-state index contributed by atoms with van der Waals surface area (Å²) < 4.78 is 8.01. The Balaban J connectivity index is 1.80. The summed E-state index contributed by atoms with van der Waals surface area (Å²) in [5.41, 5.74) is 1.33. The van der Waals surface area contributed by atoms with E-state index in [-0.39, 0.29) is 23.1 Å². The number of carbonyl (C=O) groups excluding carboxylic acids is 1. The zero-order valence-electron chi connectivity index (χ0n) is 20.0. The molecule has 4 heterocycles. The molecular formula is C25H32N4O3S2. The van der Waals surface area contributed by atoms with Crippen molar-refractivity contribution in [2.45, 2.75) is 71.4 Å². The van der Waals surface area contributed by atoms with Gasteiger partial charge in [0.2, 0.25) is 0 Å². The second-order valence-corrected chi connectivity index (χ2v) is 10.8. The van der Waals surface area contributed by atoms with E-state index in [9.17, 15) is 14.9 Å². The van der Waals surface area contributed by atoms with Gasteiger partial charge >= 0.3 is 0 Å². The molecule has 0 N–H and O–H groups in total. The van der Waals surface area contributed by atoms with Gasteiger partial charge in [-0.05, 0) is 57.1 Å². The minimum Gasteiger partial charge on any atom is -0.376 e. The molecule has 182 valence electrons. The number of rotatable bonds is 7. The number of carbonyl (C=O) groups is 1. The Hall–Kier alpha value is -2.15. The Morgan fingerprint density at radius 2 is 2.00 bits per heavy atom. The van der Waals surface area contributed by atoms with Crippen LogP contribution in [0.15, 0.2) is 9.70 Å². The average Bonchev–Trinajstić information content (AvgIpc) is 3.45. The highest BCUT2D eigenvalue weighted by atomic mass is 32.2. The topological polar surface area (TPSA) is 78.6 Å². The molecule has 9 heteroatoms. The quantitative estimate of drug-likeness (QED) is 0.410. The maximum atomic E-state index is 13.3. The highest BCUT2D eigenvalue weighted by Gasteiger charge is 2.35. The lowest BCUT2D eigenvalue weighted by Crippen LogP contribution is -2.37. The Labute approximate surface area is 210 Å². The van der Waals surface area contributed by atoms with Crippen LogP contribution in [0.4, 0.5) is 5.82 Å². The zero-order chi connectivity index (χ0) is 24.2. The van der Waals surface area contributed by atoms with Crippen molar-refractivity contribution >= 4 is 46.1 Å². The number of thiocarbonyl (C=S) groups is 1. The largest absolute Gasteiger partial charge is 0.376 e. The van der Waals surface area contributed by atoms with E-state index in [2.05, 4.69) is 17.9 Å².